The molecule has 0 unspecified atom stereocenters. The molecule has 160 valence electrons. The second kappa shape index (κ2) is 9.90. The highest BCUT2D eigenvalue weighted by Gasteiger charge is 2.31. The van der Waals surface area contributed by atoms with Crippen LogP contribution in [0.3, 0.4) is 0 Å². The van der Waals surface area contributed by atoms with Gasteiger partial charge in [0.2, 0.25) is 11.8 Å². The predicted octanol–water partition coefficient (Wildman–Crippen LogP) is 4.16. The van der Waals surface area contributed by atoms with E-state index in [-0.39, 0.29) is 23.3 Å². The van der Waals surface area contributed by atoms with Crippen molar-refractivity contribution in [2.45, 2.75) is 45.7 Å². The van der Waals surface area contributed by atoms with Gasteiger partial charge in [0.1, 0.15) is 0 Å². The molecule has 0 saturated carbocycles. The fourth-order valence-corrected chi connectivity index (χ4v) is 3.92. The molecule has 2 aromatic carbocycles. The van der Waals surface area contributed by atoms with E-state index >= 15 is 0 Å². The quantitative estimate of drug-likeness (QED) is 0.782. The van der Waals surface area contributed by atoms with Crippen LogP contribution in [0.2, 0.25) is 0 Å². The Bertz CT molecular complexity index is 830. The standard InChI is InChI=1S/C25H33N3O2/c1-25(2,3)28(17-20-11-6-4-7-12-20)23(29)19-27-16-10-13-21(18-27)24(30)26-22-14-8-5-9-15-22/h4-9,11-12,14-15,21H,10,13,16-19H2,1-3H3,(H,26,30)/t21-/m0/s1. The van der Waals surface area contributed by atoms with Gasteiger partial charge in [0, 0.05) is 24.3 Å². The lowest BCUT2D eigenvalue weighted by molar-refractivity contribution is -0.139. The average molecular weight is 408 g/mol. The zero-order valence-electron chi connectivity index (χ0n) is 18.3. The highest BCUT2D eigenvalue weighted by Crippen LogP contribution is 2.21. The molecule has 0 bridgehead atoms. The van der Waals surface area contributed by atoms with Crippen molar-refractivity contribution >= 4 is 17.5 Å². The first-order chi connectivity index (χ1) is 14.3. The average Bonchev–Trinajstić information content (AvgIpc) is 2.73. The van der Waals surface area contributed by atoms with E-state index in [0.29, 0.717) is 19.6 Å². The number of hydrogen-bond acceptors (Lipinski definition) is 3. The van der Waals surface area contributed by atoms with Crippen LogP contribution in [0.1, 0.15) is 39.2 Å². The summed E-state index contributed by atoms with van der Waals surface area (Å²) in [5.74, 6) is 0.0507. The first kappa shape index (κ1) is 22.0. The number of piperidine rings is 1. The molecule has 1 heterocycles. The summed E-state index contributed by atoms with van der Waals surface area (Å²) < 4.78 is 0. The highest BCUT2D eigenvalue weighted by molar-refractivity contribution is 5.92. The van der Waals surface area contributed by atoms with Gasteiger partial charge in [0.05, 0.1) is 12.5 Å². The summed E-state index contributed by atoms with van der Waals surface area (Å²) in [6.45, 7) is 8.62. The van der Waals surface area contributed by atoms with Crippen molar-refractivity contribution < 1.29 is 9.59 Å². The van der Waals surface area contributed by atoms with Crippen molar-refractivity contribution in [3.63, 3.8) is 0 Å². The summed E-state index contributed by atoms with van der Waals surface area (Å²) in [6, 6.07) is 19.6. The van der Waals surface area contributed by atoms with Gasteiger partial charge in [-0.2, -0.15) is 0 Å². The minimum atomic E-state index is -0.271. The van der Waals surface area contributed by atoms with Crippen LogP contribution in [0.25, 0.3) is 0 Å². The summed E-state index contributed by atoms with van der Waals surface area (Å²) in [6.07, 6.45) is 1.78. The maximum absolute atomic E-state index is 13.2. The van der Waals surface area contributed by atoms with Gasteiger partial charge in [-0.05, 0) is 57.9 Å². The highest BCUT2D eigenvalue weighted by atomic mass is 16.2. The fourth-order valence-electron chi connectivity index (χ4n) is 3.92. The maximum atomic E-state index is 13.2. The minimum Gasteiger partial charge on any atom is -0.332 e. The molecule has 30 heavy (non-hydrogen) atoms. The number of rotatable bonds is 6. The van der Waals surface area contributed by atoms with E-state index in [1.54, 1.807) is 0 Å². The number of para-hydroxylation sites is 1. The van der Waals surface area contributed by atoms with E-state index in [1.165, 1.54) is 0 Å². The third-order valence-electron chi connectivity index (χ3n) is 5.57. The monoisotopic (exact) mass is 407 g/mol. The van der Waals surface area contributed by atoms with Crippen LogP contribution in [0.5, 0.6) is 0 Å². The number of amides is 2. The summed E-state index contributed by atoms with van der Waals surface area (Å²) in [7, 11) is 0. The van der Waals surface area contributed by atoms with Crippen molar-refractivity contribution in [1.29, 1.82) is 0 Å². The maximum Gasteiger partial charge on any atom is 0.237 e. The Morgan fingerprint density at radius 1 is 1.03 bits per heavy atom. The molecule has 1 atom stereocenters. The normalized spacial score (nSPS) is 17.4. The first-order valence-electron chi connectivity index (χ1n) is 10.8. The molecular weight excluding hydrogens is 374 g/mol. The molecular formula is C25H33N3O2. The zero-order valence-corrected chi connectivity index (χ0v) is 18.3. The zero-order chi connectivity index (χ0) is 21.6. The third-order valence-corrected chi connectivity index (χ3v) is 5.57. The Balaban J connectivity index is 1.60. The van der Waals surface area contributed by atoms with Gasteiger partial charge in [-0.15, -0.1) is 0 Å². The van der Waals surface area contributed by atoms with Gasteiger partial charge < -0.3 is 10.2 Å². The van der Waals surface area contributed by atoms with Crippen LogP contribution in [0.4, 0.5) is 5.69 Å². The van der Waals surface area contributed by atoms with E-state index in [2.05, 4.69) is 43.1 Å². The molecule has 1 saturated heterocycles. The van der Waals surface area contributed by atoms with Gasteiger partial charge >= 0.3 is 0 Å². The molecule has 1 aliphatic rings. The number of nitrogens with one attached hydrogen (secondary N) is 1. The smallest absolute Gasteiger partial charge is 0.237 e. The number of carbonyl (C=O) groups is 2. The molecule has 0 radical (unpaired) electrons. The summed E-state index contributed by atoms with van der Waals surface area (Å²) in [5.41, 5.74) is 1.67. The number of likely N-dealkylation sites (tertiary alicyclic amines) is 1. The first-order valence-corrected chi connectivity index (χ1v) is 10.8. The SMILES string of the molecule is CC(C)(C)N(Cc1ccccc1)C(=O)CN1CCC[C@H](C(=O)Nc2ccccc2)C1. The number of hydrogen-bond donors (Lipinski definition) is 1. The number of nitrogens with zero attached hydrogens (tertiary/aromatic N) is 2. The van der Waals surface area contributed by atoms with Crippen molar-refractivity contribution in [2.75, 3.05) is 25.0 Å². The molecule has 2 aromatic rings. The van der Waals surface area contributed by atoms with E-state index in [4.69, 9.17) is 0 Å². The molecule has 3 rings (SSSR count). The lowest BCUT2D eigenvalue weighted by Gasteiger charge is -2.39. The Morgan fingerprint density at radius 2 is 1.67 bits per heavy atom. The summed E-state index contributed by atoms with van der Waals surface area (Å²) in [4.78, 5) is 30.0. The largest absolute Gasteiger partial charge is 0.332 e. The van der Waals surface area contributed by atoms with Crippen molar-refractivity contribution in [2.24, 2.45) is 5.92 Å². The number of carbonyl (C=O) groups excluding carboxylic acids is 2. The Kier molecular flexibility index (Phi) is 7.27. The van der Waals surface area contributed by atoms with Crippen molar-refractivity contribution in [3.8, 4) is 0 Å². The molecule has 2 amide bonds. The molecule has 1 aliphatic heterocycles. The van der Waals surface area contributed by atoms with Crippen LogP contribution in [0, 0.1) is 5.92 Å². The topological polar surface area (TPSA) is 52.7 Å². The number of anilines is 1. The molecule has 1 N–H and O–H groups in total. The molecule has 0 aliphatic carbocycles. The lowest BCUT2D eigenvalue weighted by Crippen LogP contribution is -2.51. The van der Waals surface area contributed by atoms with Gasteiger partial charge in [0.25, 0.3) is 0 Å². The second-order valence-corrected chi connectivity index (χ2v) is 9.07. The Morgan fingerprint density at radius 3 is 2.30 bits per heavy atom. The van der Waals surface area contributed by atoms with Gasteiger partial charge in [0.15, 0.2) is 0 Å². The predicted molar refractivity (Wildman–Crippen MR) is 121 cm³/mol. The fraction of sp³-hybridized carbons (Fsp3) is 0.440. The van der Waals surface area contributed by atoms with Crippen molar-refractivity contribution in [3.05, 3.63) is 66.2 Å². The van der Waals surface area contributed by atoms with Crippen LogP contribution < -0.4 is 5.32 Å². The molecule has 1 fully saturated rings. The molecule has 5 heteroatoms. The van der Waals surface area contributed by atoms with E-state index < -0.39 is 0 Å². The van der Waals surface area contributed by atoms with Gasteiger partial charge in [-0.3, -0.25) is 14.5 Å². The van der Waals surface area contributed by atoms with E-state index in [9.17, 15) is 9.59 Å². The summed E-state index contributed by atoms with van der Waals surface area (Å²) in [5, 5.41) is 3.00. The second-order valence-electron chi connectivity index (χ2n) is 9.07. The number of benzene rings is 2. The van der Waals surface area contributed by atoms with Crippen LogP contribution in [-0.2, 0) is 16.1 Å². The van der Waals surface area contributed by atoms with Crippen LogP contribution in [-0.4, -0.2) is 46.8 Å². The Labute approximate surface area is 180 Å². The summed E-state index contributed by atoms with van der Waals surface area (Å²) >= 11 is 0. The van der Waals surface area contributed by atoms with Crippen LogP contribution in [0.15, 0.2) is 60.7 Å². The molecule has 0 aromatic heterocycles. The third kappa shape index (κ3) is 6.17. The molecule has 0 spiro atoms. The molecule has 5 nitrogen and oxygen atoms in total. The van der Waals surface area contributed by atoms with Crippen molar-refractivity contribution in [1.82, 2.24) is 9.80 Å². The minimum absolute atomic E-state index is 0.0373. The lowest BCUT2D eigenvalue weighted by atomic mass is 9.96. The van der Waals surface area contributed by atoms with E-state index in [1.807, 2.05) is 53.4 Å². The van der Waals surface area contributed by atoms with Gasteiger partial charge in [-0.1, -0.05) is 48.5 Å². The van der Waals surface area contributed by atoms with Gasteiger partial charge in [-0.25, -0.2) is 0 Å². The Hall–Kier alpha value is -2.66. The van der Waals surface area contributed by atoms with Crippen LogP contribution >= 0.6 is 0 Å². The van der Waals surface area contributed by atoms with E-state index in [0.717, 1.165) is 30.6 Å².